The molecule has 2 fully saturated rings. The number of nitrogens with zero attached hydrogens (tertiary/aromatic N) is 1. The number of carbonyl (C=O) groups excluding carboxylic acids is 2. The van der Waals surface area contributed by atoms with E-state index in [1.165, 1.54) is 30.5 Å². The number of amides is 1. The Morgan fingerprint density at radius 3 is 2.38 bits per heavy atom. The van der Waals surface area contributed by atoms with Crippen LogP contribution < -0.4 is 10.1 Å². The van der Waals surface area contributed by atoms with Crippen molar-refractivity contribution in [3.63, 3.8) is 0 Å². The van der Waals surface area contributed by atoms with E-state index in [4.69, 9.17) is 18.9 Å². The quantitative estimate of drug-likeness (QED) is 0.292. The van der Waals surface area contributed by atoms with Gasteiger partial charge in [-0.05, 0) is 55.0 Å². The third kappa shape index (κ3) is 8.55. The number of aliphatic hydroxyl groups excluding tert-OH is 1. The first-order valence-electron chi connectivity index (χ1n) is 15.5. The van der Waals surface area contributed by atoms with E-state index < -0.39 is 40.0 Å². The topological polar surface area (TPSA) is 141 Å². The second-order valence-corrected chi connectivity index (χ2v) is 14.3. The molecule has 4 rings (SSSR count). The van der Waals surface area contributed by atoms with E-state index in [9.17, 15) is 23.1 Å². The molecule has 1 heterocycles. The van der Waals surface area contributed by atoms with E-state index in [-0.39, 0.29) is 48.3 Å². The van der Waals surface area contributed by atoms with E-state index >= 15 is 0 Å². The molecule has 1 aliphatic heterocycles. The smallest absolute Gasteiger partial charge is 0.407 e. The van der Waals surface area contributed by atoms with Crippen LogP contribution in [0.2, 0.25) is 0 Å². The van der Waals surface area contributed by atoms with Gasteiger partial charge in [-0.1, -0.05) is 51.1 Å². The van der Waals surface area contributed by atoms with E-state index in [0.717, 1.165) is 5.56 Å². The number of carbonyl (C=O) groups is 2. The number of alkyl carbamates (subject to hydrolysis) is 1. The molecule has 0 aromatic heterocycles. The Hall–Kier alpha value is -3.19. The molecule has 0 spiro atoms. The summed E-state index contributed by atoms with van der Waals surface area (Å²) < 4.78 is 51.3. The average molecular weight is 647 g/mol. The number of rotatable bonds is 14. The van der Waals surface area contributed by atoms with Gasteiger partial charge in [-0.25, -0.2) is 13.2 Å². The maximum absolute atomic E-state index is 13.7. The van der Waals surface area contributed by atoms with Crippen LogP contribution in [0.1, 0.15) is 52.5 Å². The van der Waals surface area contributed by atoms with Gasteiger partial charge in [0.1, 0.15) is 17.5 Å². The van der Waals surface area contributed by atoms with Gasteiger partial charge in [0.2, 0.25) is 10.0 Å². The summed E-state index contributed by atoms with van der Waals surface area (Å²) in [6, 6.07) is 14.6. The highest BCUT2D eigenvalue weighted by Crippen LogP contribution is 2.47. The van der Waals surface area contributed by atoms with Crippen LogP contribution in [0.25, 0.3) is 0 Å². The van der Waals surface area contributed by atoms with Crippen LogP contribution in [0.4, 0.5) is 4.79 Å². The van der Waals surface area contributed by atoms with Gasteiger partial charge in [-0.15, -0.1) is 0 Å². The van der Waals surface area contributed by atoms with Crippen molar-refractivity contribution in [1.29, 1.82) is 0 Å². The van der Waals surface area contributed by atoms with E-state index in [1.54, 1.807) is 12.1 Å². The van der Waals surface area contributed by atoms with Crippen molar-refractivity contribution in [3.8, 4) is 5.75 Å². The number of sulfonamides is 1. The maximum Gasteiger partial charge on any atom is 0.407 e. The second kappa shape index (κ2) is 14.9. The molecule has 6 atom stereocenters. The molecule has 45 heavy (non-hydrogen) atoms. The molecular weight excluding hydrogens is 600 g/mol. The molecule has 1 saturated heterocycles. The number of methoxy groups -OCH3 is 1. The normalized spacial score (nSPS) is 24.2. The monoisotopic (exact) mass is 646 g/mol. The van der Waals surface area contributed by atoms with Gasteiger partial charge < -0.3 is 29.4 Å². The molecule has 248 valence electrons. The molecule has 1 saturated carbocycles. The summed E-state index contributed by atoms with van der Waals surface area (Å²) in [5.41, 5.74) is 0.111. The summed E-state index contributed by atoms with van der Waals surface area (Å²) in [7, 11) is -2.47. The van der Waals surface area contributed by atoms with Crippen LogP contribution >= 0.6 is 0 Å². The number of esters is 1. The fourth-order valence-corrected chi connectivity index (χ4v) is 7.99. The molecule has 2 aliphatic rings. The molecular formula is C33H46N2O9S. The van der Waals surface area contributed by atoms with Gasteiger partial charge in [0.25, 0.3) is 0 Å². The number of fused-ring (bicyclic) bond motifs is 1. The van der Waals surface area contributed by atoms with Crippen molar-refractivity contribution in [1.82, 2.24) is 9.62 Å². The Kier molecular flexibility index (Phi) is 11.5. The minimum Gasteiger partial charge on any atom is -0.497 e. The molecule has 1 amide bonds. The highest BCUT2D eigenvalue weighted by molar-refractivity contribution is 7.89. The van der Waals surface area contributed by atoms with Crippen molar-refractivity contribution in [2.24, 2.45) is 11.8 Å². The fraction of sp³-hybridized carbons (Fsp3) is 0.576. The molecule has 12 heteroatoms. The first-order chi connectivity index (χ1) is 21.4. The van der Waals surface area contributed by atoms with Crippen molar-refractivity contribution < 1.29 is 42.1 Å². The third-order valence-electron chi connectivity index (χ3n) is 8.62. The standard InChI is InChI=1S/C33H46N2O9S/c1-6-33(44-23(4)36)21-42-31-18-26(17-28(31)33)43-32(38)34-29(16-24-10-8-7-9-11-24)30(37)20-35(19-22(2)3)45(39,40)27-14-12-25(41-5)13-15-27/h7-15,22,26,28-31,37H,6,16-21H2,1-5H3,(H,34,38)/t26-,28+,29+,30-,31-,33+/m1/s1. The summed E-state index contributed by atoms with van der Waals surface area (Å²) >= 11 is 0. The number of ether oxygens (including phenoxy) is 4. The predicted molar refractivity (Wildman–Crippen MR) is 167 cm³/mol. The van der Waals surface area contributed by atoms with Gasteiger partial charge in [0, 0.05) is 32.4 Å². The predicted octanol–water partition coefficient (Wildman–Crippen LogP) is 3.93. The zero-order valence-corrected chi connectivity index (χ0v) is 27.5. The summed E-state index contributed by atoms with van der Waals surface area (Å²) in [4.78, 5) is 25.1. The third-order valence-corrected chi connectivity index (χ3v) is 10.5. The molecule has 2 N–H and O–H groups in total. The molecule has 0 bridgehead atoms. The lowest BCUT2D eigenvalue weighted by Gasteiger charge is -2.32. The van der Waals surface area contributed by atoms with Crippen molar-refractivity contribution in [2.75, 3.05) is 26.8 Å². The Bertz CT molecular complexity index is 1390. The van der Waals surface area contributed by atoms with Crippen molar-refractivity contribution in [2.45, 2.75) is 88.2 Å². The lowest BCUT2D eigenvalue weighted by molar-refractivity contribution is -0.162. The van der Waals surface area contributed by atoms with E-state index in [1.807, 2.05) is 51.1 Å². The number of aliphatic hydroxyl groups is 1. The van der Waals surface area contributed by atoms with Gasteiger partial charge >= 0.3 is 12.1 Å². The first-order valence-corrected chi connectivity index (χ1v) is 17.0. The summed E-state index contributed by atoms with van der Waals surface area (Å²) in [6.45, 7) is 7.36. The molecule has 2 aromatic rings. The molecule has 11 nitrogen and oxygen atoms in total. The van der Waals surface area contributed by atoms with Crippen LogP contribution in [0, 0.1) is 11.8 Å². The molecule has 2 aromatic carbocycles. The lowest BCUT2D eigenvalue weighted by atomic mass is 9.85. The van der Waals surface area contributed by atoms with Crippen molar-refractivity contribution >= 4 is 22.1 Å². The van der Waals surface area contributed by atoms with Gasteiger partial charge in [0.05, 0.1) is 36.9 Å². The number of benzene rings is 2. The average Bonchev–Trinajstić information content (AvgIpc) is 3.55. The highest BCUT2D eigenvalue weighted by atomic mass is 32.2. The molecule has 0 radical (unpaired) electrons. The van der Waals surface area contributed by atoms with Gasteiger partial charge in [-0.3, -0.25) is 4.79 Å². The minimum absolute atomic E-state index is 0.0259. The zero-order valence-electron chi connectivity index (χ0n) is 26.7. The number of hydrogen-bond acceptors (Lipinski definition) is 9. The SMILES string of the molecule is CC[C@]1(OC(C)=O)CO[C@@H]2C[C@H](OC(=O)N[C@@H](Cc3ccccc3)[C@H](O)CN(CC(C)C)S(=O)(=O)c3ccc(OC)cc3)C[C@@H]21. The minimum atomic E-state index is -3.98. The number of nitrogens with one attached hydrogen (secondary N) is 1. The van der Waals surface area contributed by atoms with Crippen LogP contribution in [0.5, 0.6) is 5.75 Å². The van der Waals surface area contributed by atoms with E-state index in [0.29, 0.717) is 31.6 Å². The Morgan fingerprint density at radius 2 is 1.78 bits per heavy atom. The van der Waals surface area contributed by atoms with E-state index in [2.05, 4.69) is 5.32 Å². The molecule has 0 unspecified atom stereocenters. The summed E-state index contributed by atoms with van der Waals surface area (Å²) in [5, 5.41) is 14.3. The van der Waals surface area contributed by atoms with Crippen LogP contribution in [0.3, 0.4) is 0 Å². The van der Waals surface area contributed by atoms with Crippen LogP contribution in [-0.2, 0) is 35.4 Å². The second-order valence-electron chi connectivity index (χ2n) is 12.4. The Morgan fingerprint density at radius 1 is 1.09 bits per heavy atom. The fourth-order valence-electron chi connectivity index (χ4n) is 6.37. The highest BCUT2D eigenvalue weighted by Gasteiger charge is 2.56. The maximum atomic E-state index is 13.7. The lowest BCUT2D eigenvalue weighted by Crippen LogP contribution is -2.51. The summed E-state index contributed by atoms with van der Waals surface area (Å²) in [5.74, 6) is 0.0327. The molecule has 1 aliphatic carbocycles. The number of hydrogen-bond donors (Lipinski definition) is 2. The van der Waals surface area contributed by atoms with Crippen molar-refractivity contribution in [3.05, 3.63) is 60.2 Å². The summed E-state index contributed by atoms with van der Waals surface area (Å²) in [6.07, 6.45) is -0.854. The zero-order chi connectivity index (χ0) is 32.8. The van der Waals surface area contributed by atoms with Gasteiger partial charge in [-0.2, -0.15) is 4.31 Å². The Balaban J connectivity index is 1.49. The van der Waals surface area contributed by atoms with Gasteiger partial charge in [0.15, 0.2) is 0 Å². The largest absolute Gasteiger partial charge is 0.497 e. The van der Waals surface area contributed by atoms with Crippen LogP contribution in [-0.4, -0.2) is 86.7 Å². The Labute approximate surface area is 266 Å². The van der Waals surface area contributed by atoms with Crippen LogP contribution in [0.15, 0.2) is 59.5 Å². The first kappa shape index (κ1) is 34.7.